The molecule has 0 aliphatic heterocycles. The summed E-state index contributed by atoms with van der Waals surface area (Å²) in [6, 6.07) is 4.94. The molecule has 94 valence electrons. The van der Waals surface area contributed by atoms with Gasteiger partial charge in [0, 0.05) is 0 Å². The SMILES string of the molecule is NOC(=O)c1cnn(-c2c(Cl)cccc2Cl)c1N. The predicted octanol–water partition coefficient (Wildman–Crippen LogP) is 1.79. The highest BCUT2D eigenvalue weighted by Crippen LogP contribution is 2.30. The van der Waals surface area contributed by atoms with Crippen LogP contribution in [0.4, 0.5) is 5.82 Å². The van der Waals surface area contributed by atoms with Gasteiger partial charge in [-0.2, -0.15) is 11.0 Å². The van der Waals surface area contributed by atoms with Crippen molar-refractivity contribution in [3.8, 4) is 5.69 Å². The van der Waals surface area contributed by atoms with Crippen LogP contribution in [0.15, 0.2) is 24.4 Å². The molecule has 4 N–H and O–H groups in total. The third-order valence-corrected chi connectivity index (χ3v) is 2.89. The van der Waals surface area contributed by atoms with Gasteiger partial charge in [0.1, 0.15) is 17.1 Å². The van der Waals surface area contributed by atoms with Crippen molar-refractivity contribution in [2.75, 3.05) is 5.73 Å². The molecule has 8 heteroatoms. The fourth-order valence-corrected chi connectivity index (χ4v) is 2.01. The van der Waals surface area contributed by atoms with Crippen LogP contribution in [-0.4, -0.2) is 15.7 Å². The maximum absolute atomic E-state index is 11.3. The minimum absolute atomic E-state index is 0.0356. The lowest BCUT2D eigenvalue weighted by molar-refractivity contribution is 0.0504. The van der Waals surface area contributed by atoms with Crippen LogP contribution in [0, 0.1) is 0 Å². The normalized spacial score (nSPS) is 10.4. The Hall–Kier alpha value is -1.76. The van der Waals surface area contributed by atoms with E-state index in [-0.39, 0.29) is 11.4 Å². The van der Waals surface area contributed by atoms with E-state index in [4.69, 9.17) is 34.8 Å². The molecule has 0 saturated carbocycles. The van der Waals surface area contributed by atoms with Crippen molar-refractivity contribution in [2.45, 2.75) is 0 Å². The van der Waals surface area contributed by atoms with Gasteiger partial charge >= 0.3 is 5.97 Å². The van der Waals surface area contributed by atoms with Gasteiger partial charge in [-0.3, -0.25) is 0 Å². The Bertz CT molecular complexity index is 592. The quantitative estimate of drug-likeness (QED) is 0.821. The molecule has 0 aliphatic rings. The number of halogens is 2. The highest BCUT2D eigenvalue weighted by atomic mass is 35.5. The van der Waals surface area contributed by atoms with Gasteiger partial charge in [-0.15, -0.1) is 0 Å². The molecule has 6 nitrogen and oxygen atoms in total. The number of hydrogen-bond acceptors (Lipinski definition) is 5. The summed E-state index contributed by atoms with van der Waals surface area (Å²) in [5, 5.41) is 4.65. The lowest BCUT2D eigenvalue weighted by Gasteiger charge is -2.08. The summed E-state index contributed by atoms with van der Waals surface area (Å²) in [5.41, 5.74) is 6.20. The van der Waals surface area contributed by atoms with Gasteiger partial charge in [-0.05, 0) is 12.1 Å². The van der Waals surface area contributed by atoms with Crippen molar-refractivity contribution in [3.63, 3.8) is 0 Å². The first-order valence-electron chi connectivity index (χ1n) is 4.75. The summed E-state index contributed by atoms with van der Waals surface area (Å²) in [7, 11) is 0. The Morgan fingerprint density at radius 3 is 2.50 bits per heavy atom. The number of nitrogens with zero attached hydrogens (tertiary/aromatic N) is 2. The summed E-state index contributed by atoms with van der Waals surface area (Å²) in [5.74, 6) is 4.04. The van der Waals surface area contributed by atoms with Gasteiger partial charge in [-0.25, -0.2) is 9.48 Å². The largest absolute Gasteiger partial charge is 0.383 e. The standard InChI is InChI=1S/C10H8Cl2N4O2/c11-6-2-1-3-7(12)8(6)16-9(13)5(4-15-16)10(17)18-14/h1-4H,13-14H2. The fraction of sp³-hybridized carbons (Fsp3) is 0. The summed E-state index contributed by atoms with van der Waals surface area (Å²) in [6.07, 6.45) is 1.23. The van der Waals surface area contributed by atoms with Crippen LogP contribution >= 0.6 is 23.2 Å². The molecule has 0 radical (unpaired) electrons. The molecular formula is C10H8Cl2N4O2. The Kier molecular flexibility index (Phi) is 3.42. The third kappa shape index (κ3) is 2.01. The van der Waals surface area contributed by atoms with E-state index in [1.807, 2.05) is 0 Å². The highest BCUT2D eigenvalue weighted by Gasteiger charge is 2.19. The van der Waals surface area contributed by atoms with E-state index in [0.29, 0.717) is 15.7 Å². The smallest absolute Gasteiger partial charge is 0.362 e. The van der Waals surface area contributed by atoms with Crippen molar-refractivity contribution >= 4 is 35.0 Å². The second-order valence-corrected chi connectivity index (χ2v) is 4.15. The number of aromatic nitrogens is 2. The predicted molar refractivity (Wildman–Crippen MR) is 67.6 cm³/mol. The van der Waals surface area contributed by atoms with E-state index in [2.05, 4.69) is 9.94 Å². The lowest BCUT2D eigenvalue weighted by Crippen LogP contribution is -2.12. The maximum atomic E-state index is 11.3. The number of hydrogen-bond donors (Lipinski definition) is 2. The molecule has 0 saturated heterocycles. The summed E-state index contributed by atoms with van der Waals surface area (Å²) < 4.78 is 1.25. The Morgan fingerprint density at radius 1 is 1.33 bits per heavy atom. The molecule has 1 aromatic heterocycles. The average Bonchev–Trinajstić information content (AvgIpc) is 2.71. The van der Waals surface area contributed by atoms with Crippen LogP contribution in [0.5, 0.6) is 0 Å². The number of carbonyl (C=O) groups is 1. The van der Waals surface area contributed by atoms with Crippen molar-refractivity contribution in [1.82, 2.24) is 9.78 Å². The molecular weight excluding hydrogens is 279 g/mol. The van der Waals surface area contributed by atoms with Crippen molar-refractivity contribution in [1.29, 1.82) is 0 Å². The first-order chi connectivity index (χ1) is 8.56. The van der Waals surface area contributed by atoms with Gasteiger partial charge in [0.05, 0.1) is 16.2 Å². The van der Waals surface area contributed by atoms with E-state index >= 15 is 0 Å². The zero-order valence-electron chi connectivity index (χ0n) is 8.93. The number of benzene rings is 1. The highest BCUT2D eigenvalue weighted by molar-refractivity contribution is 6.37. The van der Waals surface area contributed by atoms with Crippen LogP contribution in [0.2, 0.25) is 10.0 Å². The number of nitrogens with two attached hydrogens (primary N) is 2. The zero-order chi connectivity index (χ0) is 13.3. The second kappa shape index (κ2) is 4.85. The molecule has 0 aliphatic carbocycles. The molecule has 0 amide bonds. The molecule has 1 heterocycles. The minimum atomic E-state index is -0.790. The summed E-state index contributed by atoms with van der Waals surface area (Å²) in [4.78, 5) is 15.4. The monoisotopic (exact) mass is 286 g/mol. The molecule has 0 atom stereocenters. The van der Waals surface area contributed by atoms with Gasteiger partial charge in [-0.1, -0.05) is 29.3 Å². The Labute approximate surface area is 112 Å². The van der Waals surface area contributed by atoms with Crippen LogP contribution < -0.4 is 11.6 Å². The van der Waals surface area contributed by atoms with Gasteiger partial charge in [0.15, 0.2) is 0 Å². The topological polar surface area (TPSA) is 96.2 Å². The molecule has 18 heavy (non-hydrogen) atoms. The fourth-order valence-electron chi connectivity index (χ4n) is 1.45. The number of carbonyl (C=O) groups excluding carboxylic acids is 1. The van der Waals surface area contributed by atoms with Gasteiger partial charge in [0.25, 0.3) is 0 Å². The molecule has 0 spiro atoms. The number of rotatable bonds is 2. The van der Waals surface area contributed by atoms with Gasteiger partial charge in [0.2, 0.25) is 0 Å². The Balaban J connectivity index is 2.60. The second-order valence-electron chi connectivity index (χ2n) is 3.33. The van der Waals surface area contributed by atoms with Crippen LogP contribution in [-0.2, 0) is 4.84 Å². The van der Waals surface area contributed by atoms with Crippen molar-refractivity contribution in [3.05, 3.63) is 40.0 Å². The van der Waals surface area contributed by atoms with E-state index in [9.17, 15) is 4.79 Å². The van der Waals surface area contributed by atoms with Gasteiger partial charge < -0.3 is 10.6 Å². The average molecular weight is 287 g/mol. The van der Waals surface area contributed by atoms with Crippen molar-refractivity contribution < 1.29 is 9.63 Å². The summed E-state index contributed by atoms with van der Waals surface area (Å²) in [6.45, 7) is 0. The maximum Gasteiger partial charge on any atom is 0.362 e. The number of para-hydroxylation sites is 1. The lowest BCUT2D eigenvalue weighted by atomic mass is 10.3. The molecule has 1 aromatic carbocycles. The van der Waals surface area contributed by atoms with Crippen molar-refractivity contribution in [2.24, 2.45) is 5.90 Å². The van der Waals surface area contributed by atoms with E-state index < -0.39 is 5.97 Å². The molecule has 2 rings (SSSR count). The Morgan fingerprint density at radius 2 is 1.94 bits per heavy atom. The zero-order valence-corrected chi connectivity index (χ0v) is 10.4. The minimum Gasteiger partial charge on any atom is -0.383 e. The molecule has 0 fully saturated rings. The van der Waals surface area contributed by atoms with E-state index in [1.165, 1.54) is 10.9 Å². The third-order valence-electron chi connectivity index (χ3n) is 2.28. The van der Waals surface area contributed by atoms with Crippen LogP contribution in [0.1, 0.15) is 10.4 Å². The van der Waals surface area contributed by atoms with E-state index in [0.717, 1.165) is 0 Å². The van der Waals surface area contributed by atoms with E-state index in [1.54, 1.807) is 18.2 Å². The number of nitrogen functional groups attached to an aromatic ring is 1. The first-order valence-corrected chi connectivity index (χ1v) is 5.50. The molecule has 0 bridgehead atoms. The molecule has 0 unspecified atom stereocenters. The van der Waals surface area contributed by atoms with Crippen LogP contribution in [0.25, 0.3) is 5.69 Å². The summed E-state index contributed by atoms with van der Waals surface area (Å²) >= 11 is 12.0. The first kappa shape index (κ1) is 12.7. The molecule has 2 aromatic rings. The van der Waals surface area contributed by atoms with Crippen LogP contribution in [0.3, 0.4) is 0 Å². The number of anilines is 1.